The summed E-state index contributed by atoms with van der Waals surface area (Å²) >= 11 is 0. The number of hydrogen-bond donors (Lipinski definition) is 1. The Bertz CT molecular complexity index is 1350. The maximum atomic E-state index is 12.4. The summed E-state index contributed by atoms with van der Waals surface area (Å²) in [6.07, 6.45) is -1.09. The van der Waals surface area contributed by atoms with E-state index in [1.807, 2.05) is 0 Å². The van der Waals surface area contributed by atoms with Gasteiger partial charge in [-0.05, 0) is 50.7 Å². The smallest absolute Gasteiger partial charge is 0.420 e. The molecule has 178 valence electrons. The third-order valence-electron chi connectivity index (χ3n) is 5.88. The standard InChI is InChI=1S/C22H21F3N6O3/c1-30-8-6-14(7-9-30)17-11-18(32)27-20-16(12-26-31(17)20)21-29-28-19(33-21)10-13-2-4-15(5-3-13)34-22(23,24)25/h2-5,11-12,14H,6-10H2,1H3,(H,27,32). The molecule has 0 radical (unpaired) electrons. The summed E-state index contributed by atoms with van der Waals surface area (Å²) in [6, 6.07) is 7.02. The molecule has 0 spiro atoms. The summed E-state index contributed by atoms with van der Waals surface area (Å²) in [6.45, 7) is 1.90. The lowest BCUT2D eigenvalue weighted by atomic mass is 9.93. The van der Waals surface area contributed by atoms with E-state index in [1.165, 1.54) is 24.3 Å². The minimum atomic E-state index is -4.74. The molecule has 1 aliphatic rings. The van der Waals surface area contributed by atoms with Crippen LogP contribution in [-0.2, 0) is 6.42 Å². The molecule has 0 atom stereocenters. The van der Waals surface area contributed by atoms with E-state index in [9.17, 15) is 18.0 Å². The van der Waals surface area contributed by atoms with Crippen LogP contribution in [0.5, 0.6) is 5.75 Å². The van der Waals surface area contributed by atoms with Gasteiger partial charge in [0.05, 0.1) is 18.3 Å². The van der Waals surface area contributed by atoms with Gasteiger partial charge in [0.1, 0.15) is 17.0 Å². The Morgan fingerprint density at radius 3 is 2.62 bits per heavy atom. The van der Waals surface area contributed by atoms with Gasteiger partial charge in [-0.25, -0.2) is 4.52 Å². The number of nitrogens with zero attached hydrogens (tertiary/aromatic N) is 5. The molecular weight excluding hydrogens is 453 g/mol. The minimum Gasteiger partial charge on any atom is -0.420 e. The van der Waals surface area contributed by atoms with Crippen molar-refractivity contribution in [1.29, 1.82) is 0 Å². The molecule has 0 amide bonds. The number of piperidine rings is 1. The molecule has 1 aliphatic heterocycles. The van der Waals surface area contributed by atoms with Gasteiger partial charge in [0.2, 0.25) is 5.89 Å². The molecule has 1 aromatic carbocycles. The molecule has 5 rings (SSSR count). The lowest BCUT2D eigenvalue weighted by molar-refractivity contribution is -0.274. The Morgan fingerprint density at radius 1 is 1.18 bits per heavy atom. The highest BCUT2D eigenvalue weighted by atomic mass is 19.4. The Labute approximate surface area is 191 Å². The van der Waals surface area contributed by atoms with Crippen LogP contribution >= 0.6 is 0 Å². The second-order valence-electron chi connectivity index (χ2n) is 8.32. The number of nitrogens with one attached hydrogen (secondary N) is 1. The van der Waals surface area contributed by atoms with Crippen molar-refractivity contribution < 1.29 is 22.3 Å². The van der Waals surface area contributed by atoms with Crippen molar-refractivity contribution in [2.45, 2.75) is 31.5 Å². The molecule has 4 heterocycles. The fourth-order valence-corrected chi connectivity index (χ4v) is 4.18. The SMILES string of the molecule is CN1CCC(c2cc(=O)[nH]c3c(-c4nnc(Cc5ccc(OC(F)(F)F)cc5)o4)cnn23)CC1. The van der Waals surface area contributed by atoms with Gasteiger partial charge in [-0.2, -0.15) is 5.10 Å². The van der Waals surface area contributed by atoms with Crippen LogP contribution in [0.4, 0.5) is 13.2 Å². The number of aromatic nitrogens is 5. The number of halogens is 3. The molecule has 0 bridgehead atoms. The quantitative estimate of drug-likeness (QED) is 0.473. The Hall–Kier alpha value is -3.67. The summed E-state index contributed by atoms with van der Waals surface area (Å²) < 4.78 is 48.3. The zero-order valence-corrected chi connectivity index (χ0v) is 18.2. The molecule has 0 aliphatic carbocycles. The maximum absolute atomic E-state index is 12.4. The predicted molar refractivity (Wildman–Crippen MR) is 115 cm³/mol. The molecule has 3 aromatic heterocycles. The number of rotatable bonds is 5. The first-order valence-electron chi connectivity index (χ1n) is 10.7. The molecule has 0 saturated carbocycles. The van der Waals surface area contributed by atoms with E-state index in [0.29, 0.717) is 16.8 Å². The van der Waals surface area contributed by atoms with Crippen molar-refractivity contribution in [2.24, 2.45) is 0 Å². The number of likely N-dealkylation sites (tertiary alicyclic amines) is 1. The lowest BCUT2D eigenvalue weighted by Gasteiger charge is -2.29. The van der Waals surface area contributed by atoms with Crippen LogP contribution in [0.1, 0.15) is 35.9 Å². The second-order valence-corrected chi connectivity index (χ2v) is 8.32. The van der Waals surface area contributed by atoms with Crippen LogP contribution in [0.3, 0.4) is 0 Å². The molecule has 1 fully saturated rings. The number of aromatic amines is 1. The Kier molecular flexibility index (Phi) is 5.60. The van der Waals surface area contributed by atoms with E-state index >= 15 is 0 Å². The fraction of sp³-hybridized carbons (Fsp3) is 0.364. The number of benzene rings is 1. The molecule has 1 N–H and O–H groups in total. The zero-order chi connectivity index (χ0) is 23.9. The third kappa shape index (κ3) is 4.67. The highest BCUT2D eigenvalue weighted by Gasteiger charge is 2.31. The Balaban J connectivity index is 1.38. The lowest BCUT2D eigenvalue weighted by Crippen LogP contribution is -2.30. The van der Waals surface area contributed by atoms with E-state index in [4.69, 9.17) is 4.42 Å². The summed E-state index contributed by atoms with van der Waals surface area (Å²) in [7, 11) is 2.08. The van der Waals surface area contributed by atoms with Crippen molar-refractivity contribution in [3.63, 3.8) is 0 Å². The average Bonchev–Trinajstić information content (AvgIpc) is 3.41. The van der Waals surface area contributed by atoms with E-state index in [2.05, 4.69) is 37.0 Å². The maximum Gasteiger partial charge on any atom is 0.573 e. The van der Waals surface area contributed by atoms with E-state index in [-0.39, 0.29) is 35.4 Å². The van der Waals surface area contributed by atoms with Crippen LogP contribution in [0.15, 0.2) is 45.7 Å². The first-order valence-corrected chi connectivity index (χ1v) is 10.7. The van der Waals surface area contributed by atoms with Gasteiger partial charge in [-0.15, -0.1) is 23.4 Å². The zero-order valence-electron chi connectivity index (χ0n) is 18.2. The van der Waals surface area contributed by atoms with Crippen molar-refractivity contribution in [2.75, 3.05) is 20.1 Å². The number of alkyl halides is 3. The largest absolute Gasteiger partial charge is 0.573 e. The van der Waals surface area contributed by atoms with Gasteiger partial charge in [0.15, 0.2) is 0 Å². The van der Waals surface area contributed by atoms with Gasteiger partial charge in [-0.3, -0.25) is 4.79 Å². The fourth-order valence-electron chi connectivity index (χ4n) is 4.18. The van der Waals surface area contributed by atoms with Gasteiger partial charge < -0.3 is 19.0 Å². The summed E-state index contributed by atoms with van der Waals surface area (Å²) in [4.78, 5) is 17.5. The summed E-state index contributed by atoms with van der Waals surface area (Å²) in [5.74, 6) is 0.375. The molecule has 4 aromatic rings. The monoisotopic (exact) mass is 474 g/mol. The normalized spacial score (nSPS) is 15.8. The van der Waals surface area contributed by atoms with Crippen LogP contribution in [0.2, 0.25) is 0 Å². The first-order chi connectivity index (χ1) is 16.2. The van der Waals surface area contributed by atoms with Crippen LogP contribution in [0.25, 0.3) is 17.1 Å². The van der Waals surface area contributed by atoms with Crippen LogP contribution in [0, 0.1) is 0 Å². The molecule has 0 unspecified atom stereocenters. The van der Waals surface area contributed by atoms with Crippen molar-refractivity contribution in [1.82, 2.24) is 29.7 Å². The topological polar surface area (TPSA) is 102 Å². The predicted octanol–water partition coefficient (Wildman–Crippen LogP) is 3.37. The van der Waals surface area contributed by atoms with Gasteiger partial charge in [0, 0.05) is 12.0 Å². The van der Waals surface area contributed by atoms with E-state index in [1.54, 1.807) is 16.8 Å². The van der Waals surface area contributed by atoms with Gasteiger partial charge in [0.25, 0.3) is 11.4 Å². The minimum absolute atomic E-state index is 0.193. The second kappa shape index (κ2) is 8.60. The number of ether oxygens (including phenoxy) is 1. The molecule has 34 heavy (non-hydrogen) atoms. The third-order valence-corrected chi connectivity index (χ3v) is 5.88. The van der Waals surface area contributed by atoms with Crippen molar-refractivity contribution in [3.05, 3.63) is 64.0 Å². The number of fused-ring (bicyclic) bond motifs is 1. The molecule has 1 saturated heterocycles. The number of H-pyrrole nitrogens is 1. The van der Waals surface area contributed by atoms with Crippen LogP contribution < -0.4 is 10.3 Å². The first kappa shape index (κ1) is 22.1. The average molecular weight is 474 g/mol. The Morgan fingerprint density at radius 2 is 1.91 bits per heavy atom. The van der Waals surface area contributed by atoms with Crippen LogP contribution in [-0.4, -0.2) is 56.2 Å². The molecular formula is C22H21F3N6O3. The van der Waals surface area contributed by atoms with Crippen molar-refractivity contribution >= 4 is 5.65 Å². The van der Waals surface area contributed by atoms with Gasteiger partial charge in [-0.1, -0.05) is 12.1 Å². The number of hydrogen-bond acceptors (Lipinski definition) is 7. The van der Waals surface area contributed by atoms with E-state index in [0.717, 1.165) is 31.6 Å². The van der Waals surface area contributed by atoms with Gasteiger partial charge >= 0.3 is 6.36 Å². The summed E-state index contributed by atoms with van der Waals surface area (Å²) in [5.41, 5.74) is 2.26. The highest BCUT2D eigenvalue weighted by molar-refractivity contribution is 5.70. The van der Waals surface area contributed by atoms with E-state index < -0.39 is 6.36 Å². The molecule has 9 nitrogen and oxygen atoms in total. The summed E-state index contributed by atoms with van der Waals surface area (Å²) in [5, 5.41) is 12.6. The highest BCUT2D eigenvalue weighted by Crippen LogP contribution is 2.29. The van der Waals surface area contributed by atoms with Crippen molar-refractivity contribution in [3.8, 4) is 17.2 Å². The molecule has 12 heteroatoms.